The van der Waals surface area contributed by atoms with Gasteiger partial charge in [-0.1, -0.05) is 6.92 Å². The third-order valence-electron chi connectivity index (χ3n) is 4.58. The van der Waals surface area contributed by atoms with Crippen LogP contribution in [0.15, 0.2) is 0 Å². The molecule has 12 heavy (non-hydrogen) atoms. The van der Waals surface area contributed by atoms with E-state index in [1.165, 1.54) is 32.5 Å². The van der Waals surface area contributed by atoms with E-state index in [-0.39, 0.29) is 0 Å². The molecule has 2 atom stereocenters. The molecule has 3 saturated heterocycles. The number of hydrogen-bond donors (Lipinski definition) is 0. The SMILES string of the molecule is [B][N+]12CC3CC(C1)C(C)C(C3)C2. The third kappa shape index (κ3) is 0.848. The van der Waals surface area contributed by atoms with Gasteiger partial charge >= 0.3 is 7.98 Å². The Morgan fingerprint density at radius 1 is 1.08 bits per heavy atom. The Hall–Kier alpha value is 0.0249. The smallest absolute Gasteiger partial charge is 0.396 e. The molecule has 3 aliphatic heterocycles. The van der Waals surface area contributed by atoms with Crippen molar-refractivity contribution >= 4 is 7.98 Å². The fourth-order valence-electron chi connectivity index (χ4n) is 4.07. The van der Waals surface area contributed by atoms with Gasteiger partial charge in [0.25, 0.3) is 0 Å². The Kier molecular flexibility index (Phi) is 1.29. The highest BCUT2D eigenvalue weighted by molar-refractivity contribution is 5.97. The van der Waals surface area contributed by atoms with Crippen LogP contribution in [0.2, 0.25) is 0 Å². The molecule has 1 aliphatic carbocycles. The Bertz CT molecular complexity index is 200. The van der Waals surface area contributed by atoms with Gasteiger partial charge in [-0.15, -0.1) is 0 Å². The van der Waals surface area contributed by atoms with Gasteiger partial charge in [0.1, 0.15) is 0 Å². The van der Waals surface area contributed by atoms with E-state index in [2.05, 4.69) is 6.92 Å². The molecule has 2 unspecified atom stereocenters. The van der Waals surface area contributed by atoms with Crippen molar-refractivity contribution in [1.29, 1.82) is 0 Å². The van der Waals surface area contributed by atoms with Crippen molar-refractivity contribution < 1.29 is 4.39 Å². The summed E-state index contributed by atoms with van der Waals surface area (Å²) in [6.45, 7) is 6.27. The topological polar surface area (TPSA) is 0 Å². The number of piperidine rings is 3. The molecule has 0 aromatic heterocycles. The monoisotopic (exact) mass is 162 g/mol. The first-order valence-corrected chi connectivity index (χ1v) is 5.31. The lowest BCUT2D eigenvalue weighted by Gasteiger charge is -2.59. The minimum Gasteiger partial charge on any atom is -0.396 e. The van der Waals surface area contributed by atoms with Crippen LogP contribution in [0.1, 0.15) is 19.8 Å². The van der Waals surface area contributed by atoms with Gasteiger partial charge in [0.05, 0.1) is 19.6 Å². The van der Waals surface area contributed by atoms with Crippen molar-refractivity contribution in [2.24, 2.45) is 23.7 Å². The molecular formula is C10H17BN+. The molecule has 0 amide bonds. The normalized spacial score (nSPS) is 62.4. The number of hydrogen-bond acceptors (Lipinski definition) is 0. The summed E-state index contributed by atoms with van der Waals surface area (Å²) >= 11 is 0. The van der Waals surface area contributed by atoms with Crippen LogP contribution in [0.5, 0.6) is 0 Å². The summed E-state index contributed by atoms with van der Waals surface area (Å²) in [6, 6.07) is 0. The third-order valence-corrected chi connectivity index (χ3v) is 4.58. The largest absolute Gasteiger partial charge is 0.481 e. The second kappa shape index (κ2) is 2.09. The molecule has 1 nitrogen and oxygen atoms in total. The molecule has 4 aliphatic rings. The molecule has 64 valence electrons. The van der Waals surface area contributed by atoms with Crippen LogP contribution in [0.3, 0.4) is 0 Å². The van der Waals surface area contributed by atoms with Gasteiger partial charge < -0.3 is 4.39 Å². The van der Waals surface area contributed by atoms with Gasteiger partial charge in [0, 0.05) is 17.8 Å². The Balaban J connectivity index is 1.95. The molecule has 2 heteroatoms. The van der Waals surface area contributed by atoms with Crippen LogP contribution in [-0.4, -0.2) is 32.0 Å². The zero-order valence-corrected chi connectivity index (χ0v) is 7.87. The van der Waals surface area contributed by atoms with Crippen LogP contribution in [0, 0.1) is 23.7 Å². The van der Waals surface area contributed by atoms with Crippen molar-refractivity contribution in [3.05, 3.63) is 0 Å². The van der Waals surface area contributed by atoms with Crippen molar-refractivity contribution in [3.63, 3.8) is 0 Å². The molecule has 0 aromatic rings. The Morgan fingerprint density at radius 2 is 1.67 bits per heavy atom. The van der Waals surface area contributed by atoms with Crippen LogP contribution in [-0.2, 0) is 0 Å². The van der Waals surface area contributed by atoms with E-state index in [1.807, 2.05) is 0 Å². The fourth-order valence-corrected chi connectivity index (χ4v) is 4.07. The lowest BCUT2D eigenvalue weighted by Crippen LogP contribution is -2.67. The highest BCUT2D eigenvalue weighted by atomic mass is 15.3. The number of rotatable bonds is 0. The van der Waals surface area contributed by atoms with E-state index < -0.39 is 0 Å². The summed E-state index contributed by atoms with van der Waals surface area (Å²) in [5, 5.41) is 0. The highest BCUT2D eigenvalue weighted by Crippen LogP contribution is 2.49. The van der Waals surface area contributed by atoms with Gasteiger partial charge in [-0.3, -0.25) is 0 Å². The van der Waals surface area contributed by atoms with Crippen molar-refractivity contribution in [2.75, 3.05) is 19.6 Å². The molecule has 3 heterocycles. The van der Waals surface area contributed by atoms with E-state index >= 15 is 0 Å². The molecule has 4 bridgehead atoms. The maximum Gasteiger partial charge on any atom is 0.481 e. The average Bonchev–Trinajstić information content (AvgIpc) is 1.96. The standard InChI is InChI=1S/C10H17BN/c1-7-9-2-8-3-10(7)6-12(11,4-8)5-9/h7-10H,2-6H2,1H3/q+1. The van der Waals surface area contributed by atoms with Crippen molar-refractivity contribution in [3.8, 4) is 0 Å². The molecule has 2 radical (unpaired) electrons. The second-order valence-corrected chi connectivity index (χ2v) is 5.48. The van der Waals surface area contributed by atoms with E-state index in [9.17, 15) is 0 Å². The fraction of sp³-hybridized carbons (Fsp3) is 1.00. The number of quaternary nitrogens is 1. The zero-order valence-electron chi connectivity index (χ0n) is 7.87. The minimum atomic E-state index is 0.921. The Labute approximate surface area is 76.2 Å². The summed E-state index contributed by atoms with van der Waals surface area (Å²) in [5.41, 5.74) is 0. The molecular weight excluding hydrogens is 145 g/mol. The minimum absolute atomic E-state index is 0.921. The lowest BCUT2D eigenvalue weighted by atomic mass is 9.60. The lowest BCUT2D eigenvalue weighted by molar-refractivity contribution is -0.852. The molecule has 4 fully saturated rings. The van der Waals surface area contributed by atoms with Crippen molar-refractivity contribution in [2.45, 2.75) is 19.8 Å². The van der Waals surface area contributed by atoms with Crippen LogP contribution in [0.4, 0.5) is 0 Å². The summed E-state index contributed by atoms with van der Waals surface area (Å²) in [7, 11) is 6.32. The first kappa shape index (κ1) is 7.43. The van der Waals surface area contributed by atoms with E-state index in [1.54, 1.807) is 0 Å². The van der Waals surface area contributed by atoms with Gasteiger partial charge in [0.2, 0.25) is 0 Å². The molecule has 4 rings (SSSR count). The van der Waals surface area contributed by atoms with Crippen molar-refractivity contribution in [1.82, 2.24) is 0 Å². The summed E-state index contributed by atoms with van der Waals surface area (Å²) in [5.74, 6) is 3.86. The predicted octanol–water partition coefficient (Wildman–Crippen LogP) is 1.19. The number of nitrogens with zero attached hydrogens (tertiary/aromatic N) is 1. The zero-order chi connectivity index (χ0) is 8.34. The molecule has 0 spiro atoms. The van der Waals surface area contributed by atoms with Crippen LogP contribution in [0.25, 0.3) is 0 Å². The quantitative estimate of drug-likeness (QED) is 0.469. The molecule has 0 aromatic carbocycles. The average molecular weight is 162 g/mol. The van der Waals surface area contributed by atoms with Gasteiger partial charge in [0.15, 0.2) is 0 Å². The summed E-state index contributed by atoms with van der Waals surface area (Å²) < 4.78 is 0.921. The summed E-state index contributed by atoms with van der Waals surface area (Å²) in [6.07, 6.45) is 2.96. The summed E-state index contributed by atoms with van der Waals surface area (Å²) in [4.78, 5) is 0. The van der Waals surface area contributed by atoms with Crippen LogP contribution >= 0.6 is 0 Å². The van der Waals surface area contributed by atoms with Gasteiger partial charge in [-0.05, 0) is 18.8 Å². The first-order valence-electron chi connectivity index (χ1n) is 5.31. The van der Waals surface area contributed by atoms with Gasteiger partial charge in [-0.25, -0.2) is 0 Å². The van der Waals surface area contributed by atoms with E-state index in [4.69, 9.17) is 7.98 Å². The maximum atomic E-state index is 6.32. The van der Waals surface area contributed by atoms with E-state index in [0.717, 1.165) is 28.1 Å². The van der Waals surface area contributed by atoms with Gasteiger partial charge in [-0.2, -0.15) is 0 Å². The Morgan fingerprint density at radius 3 is 2.17 bits per heavy atom. The molecule has 1 saturated carbocycles. The van der Waals surface area contributed by atoms with E-state index in [0.29, 0.717) is 0 Å². The van der Waals surface area contributed by atoms with Crippen LogP contribution < -0.4 is 0 Å². The first-order chi connectivity index (χ1) is 5.66. The maximum absolute atomic E-state index is 6.32. The second-order valence-electron chi connectivity index (χ2n) is 5.48. The molecule has 0 N–H and O–H groups in total. The predicted molar refractivity (Wildman–Crippen MR) is 49.5 cm³/mol. The highest BCUT2D eigenvalue weighted by Gasteiger charge is 2.52.